The fourth-order valence-corrected chi connectivity index (χ4v) is 3.82. The lowest BCUT2D eigenvalue weighted by atomic mass is 9.86. The molecule has 0 spiro atoms. The zero-order chi connectivity index (χ0) is 16.2. The zero-order valence-electron chi connectivity index (χ0n) is 13.5. The van der Waals surface area contributed by atoms with E-state index >= 15 is 0 Å². The molecule has 2 atom stereocenters. The highest BCUT2D eigenvalue weighted by molar-refractivity contribution is 7.13. The van der Waals surface area contributed by atoms with Crippen LogP contribution in [0.1, 0.15) is 43.1 Å². The normalized spacial score (nSPS) is 21.0. The molecular weight excluding hydrogens is 308 g/mol. The van der Waals surface area contributed by atoms with Gasteiger partial charge in [-0.25, -0.2) is 4.98 Å². The smallest absolute Gasteiger partial charge is 0.271 e. The van der Waals surface area contributed by atoms with Gasteiger partial charge in [-0.15, -0.1) is 11.3 Å². The second kappa shape index (κ2) is 7.13. The monoisotopic (exact) mass is 330 g/mol. The van der Waals surface area contributed by atoms with E-state index in [9.17, 15) is 4.79 Å². The number of benzene rings is 1. The van der Waals surface area contributed by atoms with E-state index in [2.05, 4.69) is 17.2 Å². The van der Waals surface area contributed by atoms with Crippen molar-refractivity contribution in [2.45, 2.75) is 38.6 Å². The number of thiazole rings is 1. The largest absolute Gasteiger partial charge is 0.497 e. The van der Waals surface area contributed by atoms with Crippen LogP contribution < -0.4 is 10.1 Å². The number of amides is 1. The van der Waals surface area contributed by atoms with Gasteiger partial charge in [-0.3, -0.25) is 4.79 Å². The van der Waals surface area contributed by atoms with Gasteiger partial charge in [-0.05, 0) is 43.0 Å². The summed E-state index contributed by atoms with van der Waals surface area (Å²) in [6.07, 6.45) is 4.73. The van der Waals surface area contributed by atoms with E-state index in [0.717, 1.165) is 22.7 Å². The molecule has 1 aliphatic rings. The lowest BCUT2D eigenvalue weighted by molar-refractivity contribution is 0.0906. The predicted octanol–water partition coefficient (Wildman–Crippen LogP) is 4.13. The van der Waals surface area contributed by atoms with Crippen LogP contribution >= 0.6 is 11.3 Å². The Hall–Kier alpha value is -1.88. The first-order chi connectivity index (χ1) is 11.2. The summed E-state index contributed by atoms with van der Waals surface area (Å²) in [5.41, 5.74) is 1.51. The van der Waals surface area contributed by atoms with Gasteiger partial charge in [-0.2, -0.15) is 0 Å². The van der Waals surface area contributed by atoms with Crippen molar-refractivity contribution in [2.24, 2.45) is 5.92 Å². The van der Waals surface area contributed by atoms with Gasteiger partial charge in [0.1, 0.15) is 16.5 Å². The summed E-state index contributed by atoms with van der Waals surface area (Å²) in [6.45, 7) is 2.22. The standard InChI is InChI=1S/C18H22N2O2S/c1-12-5-3-4-6-15(12)19-17(21)16-11-23-18(20-16)13-7-9-14(22-2)10-8-13/h7-12,15H,3-6H2,1-2H3,(H,19,21)/t12-,15+/m0/s1. The lowest BCUT2D eigenvalue weighted by Crippen LogP contribution is -2.41. The summed E-state index contributed by atoms with van der Waals surface area (Å²) in [5.74, 6) is 1.31. The highest BCUT2D eigenvalue weighted by atomic mass is 32.1. The van der Waals surface area contributed by atoms with Crippen molar-refractivity contribution in [3.05, 3.63) is 35.3 Å². The number of nitrogens with one attached hydrogen (secondary N) is 1. The van der Waals surface area contributed by atoms with E-state index in [4.69, 9.17) is 4.74 Å². The molecule has 1 N–H and O–H groups in total. The maximum absolute atomic E-state index is 12.4. The Labute approximate surface area is 140 Å². The predicted molar refractivity (Wildman–Crippen MR) is 93.0 cm³/mol. The Bertz CT molecular complexity index is 666. The van der Waals surface area contributed by atoms with Crippen molar-refractivity contribution in [2.75, 3.05) is 7.11 Å². The Morgan fingerprint density at radius 2 is 2.00 bits per heavy atom. The first-order valence-electron chi connectivity index (χ1n) is 8.08. The first kappa shape index (κ1) is 16.0. The molecule has 1 aromatic carbocycles. The molecule has 0 radical (unpaired) electrons. The van der Waals surface area contributed by atoms with E-state index in [-0.39, 0.29) is 11.9 Å². The van der Waals surface area contributed by atoms with Crippen LogP contribution in [0.2, 0.25) is 0 Å². The molecule has 1 aliphatic carbocycles. The number of carbonyl (C=O) groups is 1. The van der Waals surface area contributed by atoms with Crippen molar-refractivity contribution >= 4 is 17.2 Å². The van der Waals surface area contributed by atoms with Gasteiger partial charge in [0.15, 0.2) is 0 Å². The molecule has 0 aliphatic heterocycles. The number of rotatable bonds is 4. The summed E-state index contributed by atoms with van der Waals surface area (Å²) in [7, 11) is 1.65. The van der Waals surface area contributed by atoms with Gasteiger partial charge < -0.3 is 10.1 Å². The third-order valence-electron chi connectivity index (χ3n) is 4.50. The van der Waals surface area contributed by atoms with E-state index in [1.807, 2.05) is 29.6 Å². The van der Waals surface area contributed by atoms with E-state index < -0.39 is 0 Å². The number of nitrogens with zero attached hydrogens (tertiary/aromatic N) is 1. The quantitative estimate of drug-likeness (QED) is 0.917. The fourth-order valence-electron chi connectivity index (χ4n) is 3.02. The summed E-state index contributed by atoms with van der Waals surface area (Å²) >= 11 is 1.49. The van der Waals surface area contributed by atoms with Gasteiger partial charge >= 0.3 is 0 Å². The van der Waals surface area contributed by atoms with Gasteiger partial charge in [0.05, 0.1) is 7.11 Å². The van der Waals surface area contributed by atoms with Crippen molar-refractivity contribution < 1.29 is 9.53 Å². The number of aromatic nitrogens is 1. The zero-order valence-corrected chi connectivity index (χ0v) is 14.4. The summed E-state index contributed by atoms with van der Waals surface area (Å²) in [5, 5.41) is 5.84. The molecule has 5 heteroatoms. The third kappa shape index (κ3) is 3.72. The van der Waals surface area contributed by atoms with Crippen LogP contribution in [0, 0.1) is 5.92 Å². The number of ether oxygens (including phenoxy) is 1. The molecule has 2 aromatic rings. The Morgan fingerprint density at radius 3 is 2.70 bits per heavy atom. The molecule has 3 rings (SSSR count). The second-order valence-electron chi connectivity index (χ2n) is 6.11. The average molecular weight is 330 g/mol. The van der Waals surface area contributed by atoms with E-state index in [0.29, 0.717) is 11.6 Å². The maximum Gasteiger partial charge on any atom is 0.271 e. The Balaban J connectivity index is 1.69. The van der Waals surface area contributed by atoms with Crippen LogP contribution in [0.4, 0.5) is 0 Å². The van der Waals surface area contributed by atoms with Crippen LogP contribution in [0.25, 0.3) is 10.6 Å². The number of carbonyl (C=O) groups excluding carboxylic acids is 1. The summed E-state index contributed by atoms with van der Waals surface area (Å²) < 4.78 is 5.16. The molecule has 1 fully saturated rings. The van der Waals surface area contributed by atoms with Gasteiger partial charge in [-0.1, -0.05) is 19.8 Å². The highest BCUT2D eigenvalue weighted by Crippen LogP contribution is 2.27. The van der Waals surface area contributed by atoms with Crippen LogP contribution in [-0.2, 0) is 0 Å². The molecule has 23 heavy (non-hydrogen) atoms. The Kier molecular flexibility index (Phi) is 4.96. The molecule has 1 heterocycles. The van der Waals surface area contributed by atoms with Gasteiger partial charge in [0, 0.05) is 17.0 Å². The number of hydrogen-bond acceptors (Lipinski definition) is 4. The molecule has 0 unspecified atom stereocenters. The minimum Gasteiger partial charge on any atom is -0.497 e. The van der Waals surface area contributed by atoms with E-state index in [1.54, 1.807) is 7.11 Å². The van der Waals surface area contributed by atoms with E-state index in [1.165, 1.54) is 30.6 Å². The molecule has 122 valence electrons. The molecule has 4 nitrogen and oxygen atoms in total. The molecule has 1 saturated carbocycles. The second-order valence-corrected chi connectivity index (χ2v) is 6.97. The molecule has 1 aromatic heterocycles. The first-order valence-corrected chi connectivity index (χ1v) is 8.96. The summed E-state index contributed by atoms with van der Waals surface area (Å²) in [4.78, 5) is 16.9. The molecule has 1 amide bonds. The molecular formula is C18H22N2O2S. The van der Waals surface area contributed by atoms with Crippen molar-refractivity contribution in [1.29, 1.82) is 0 Å². The van der Waals surface area contributed by atoms with Gasteiger partial charge in [0.25, 0.3) is 5.91 Å². The van der Waals surface area contributed by atoms with Crippen molar-refractivity contribution in [3.8, 4) is 16.3 Å². The lowest BCUT2D eigenvalue weighted by Gasteiger charge is -2.29. The van der Waals surface area contributed by atoms with Crippen LogP contribution in [0.3, 0.4) is 0 Å². The molecule has 0 saturated heterocycles. The topological polar surface area (TPSA) is 51.2 Å². The number of hydrogen-bond donors (Lipinski definition) is 1. The fraction of sp³-hybridized carbons (Fsp3) is 0.444. The van der Waals surface area contributed by atoms with Crippen LogP contribution in [0.5, 0.6) is 5.75 Å². The van der Waals surface area contributed by atoms with Crippen LogP contribution in [0.15, 0.2) is 29.6 Å². The van der Waals surface area contributed by atoms with Gasteiger partial charge in [0.2, 0.25) is 0 Å². The van der Waals surface area contributed by atoms with Crippen LogP contribution in [-0.4, -0.2) is 24.0 Å². The SMILES string of the molecule is COc1ccc(-c2nc(C(=O)N[C@@H]3CCCC[C@@H]3C)cs2)cc1. The van der Waals surface area contributed by atoms with Crippen molar-refractivity contribution in [3.63, 3.8) is 0 Å². The minimum atomic E-state index is -0.0558. The number of methoxy groups -OCH3 is 1. The maximum atomic E-state index is 12.4. The average Bonchev–Trinajstić information content (AvgIpc) is 3.07. The highest BCUT2D eigenvalue weighted by Gasteiger charge is 2.24. The molecule has 0 bridgehead atoms. The summed E-state index contributed by atoms with van der Waals surface area (Å²) in [6, 6.07) is 8.01. The minimum absolute atomic E-state index is 0.0558. The van der Waals surface area contributed by atoms with Crippen molar-refractivity contribution in [1.82, 2.24) is 10.3 Å². The Morgan fingerprint density at radius 1 is 1.26 bits per heavy atom. The third-order valence-corrected chi connectivity index (χ3v) is 5.39.